The van der Waals surface area contributed by atoms with Gasteiger partial charge in [-0.25, -0.2) is 0 Å². The third kappa shape index (κ3) is 1.34. The first-order valence-corrected chi connectivity index (χ1v) is 5.24. The van der Waals surface area contributed by atoms with E-state index in [2.05, 4.69) is 31.6 Å². The molecule has 0 amide bonds. The molecule has 0 bridgehead atoms. The van der Waals surface area contributed by atoms with Gasteiger partial charge in [-0.3, -0.25) is 4.99 Å². The molecule has 64 valence electrons. The smallest absolute Gasteiger partial charge is 0.189 e. The molecule has 0 saturated carbocycles. The van der Waals surface area contributed by atoms with Crippen molar-refractivity contribution in [1.82, 2.24) is 5.32 Å². The van der Waals surface area contributed by atoms with Crippen LogP contribution >= 0.6 is 27.3 Å². The summed E-state index contributed by atoms with van der Waals surface area (Å²) in [6.07, 6.45) is 0. The Labute approximate surface area is 82.8 Å². The Kier molecular flexibility index (Phi) is 2.06. The van der Waals surface area contributed by atoms with E-state index in [1.807, 2.05) is 6.07 Å². The van der Waals surface area contributed by atoms with Gasteiger partial charge in [0.1, 0.15) is 0 Å². The van der Waals surface area contributed by atoms with E-state index in [0.717, 1.165) is 11.0 Å². The predicted molar refractivity (Wildman–Crippen MR) is 54.4 cm³/mol. The highest BCUT2D eigenvalue weighted by Gasteiger charge is 2.20. The summed E-state index contributed by atoms with van der Waals surface area (Å²) in [5.74, 6) is 0.542. The van der Waals surface area contributed by atoms with Crippen LogP contribution in [0.15, 0.2) is 20.9 Å². The van der Waals surface area contributed by atoms with E-state index in [1.165, 1.54) is 4.88 Å². The van der Waals surface area contributed by atoms with E-state index < -0.39 is 0 Å². The minimum absolute atomic E-state index is 0.263. The predicted octanol–water partition coefficient (Wildman–Crippen LogP) is 1.47. The molecule has 1 aromatic heterocycles. The monoisotopic (exact) mass is 245 g/mol. The van der Waals surface area contributed by atoms with Crippen molar-refractivity contribution in [2.75, 3.05) is 6.54 Å². The average Bonchev–Trinajstić information content (AvgIpc) is 2.58. The van der Waals surface area contributed by atoms with Crippen LogP contribution < -0.4 is 11.1 Å². The van der Waals surface area contributed by atoms with Crippen LogP contribution in [0.4, 0.5) is 0 Å². The Balaban J connectivity index is 2.18. The van der Waals surface area contributed by atoms with Crippen molar-refractivity contribution in [3.8, 4) is 0 Å². The standard InChI is InChI=1S/C7H8BrN3S/c8-4-1-2-12-6(4)5-3-10-7(9)11-5/h1-2,5H,3H2,(H3,9,10,11). The maximum absolute atomic E-state index is 5.51. The molecule has 3 N–H and O–H groups in total. The molecule has 1 aliphatic heterocycles. The number of aliphatic imine (C=N–C) groups is 1. The van der Waals surface area contributed by atoms with E-state index in [-0.39, 0.29) is 6.04 Å². The quantitative estimate of drug-likeness (QED) is 0.788. The van der Waals surface area contributed by atoms with Crippen molar-refractivity contribution < 1.29 is 0 Å². The minimum Gasteiger partial charge on any atom is -0.370 e. The molecule has 0 fully saturated rings. The van der Waals surface area contributed by atoms with Crippen LogP contribution in [0.25, 0.3) is 0 Å². The largest absolute Gasteiger partial charge is 0.370 e. The van der Waals surface area contributed by atoms with Gasteiger partial charge in [-0.2, -0.15) is 0 Å². The molecule has 0 saturated heterocycles. The first kappa shape index (κ1) is 8.07. The van der Waals surface area contributed by atoms with Crippen LogP contribution in [0.5, 0.6) is 0 Å². The summed E-state index contributed by atoms with van der Waals surface area (Å²) in [6, 6.07) is 2.30. The highest BCUT2D eigenvalue weighted by Crippen LogP contribution is 2.30. The molecular formula is C7H8BrN3S. The number of nitrogens with two attached hydrogens (primary N) is 1. The maximum atomic E-state index is 5.51. The highest BCUT2D eigenvalue weighted by molar-refractivity contribution is 9.10. The fraction of sp³-hybridized carbons (Fsp3) is 0.286. The third-order valence-corrected chi connectivity index (χ3v) is 3.71. The van der Waals surface area contributed by atoms with E-state index in [1.54, 1.807) is 11.3 Å². The molecule has 5 heteroatoms. The number of hydrogen-bond donors (Lipinski definition) is 2. The van der Waals surface area contributed by atoms with E-state index in [0.29, 0.717) is 5.96 Å². The van der Waals surface area contributed by atoms with Crippen LogP contribution in [0.2, 0.25) is 0 Å². The summed E-state index contributed by atoms with van der Waals surface area (Å²) >= 11 is 5.19. The van der Waals surface area contributed by atoms with Crippen molar-refractivity contribution in [3.63, 3.8) is 0 Å². The third-order valence-electron chi connectivity index (χ3n) is 1.73. The van der Waals surface area contributed by atoms with Crippen molar-refractivity contribution in [1.29, 1.82) is 0 Å². The molecule has 0 spiro atoms. The molecule has 0 radical (unpaired) electrons. The van der Waals surface area contributed by atoms with Gasteiger partial charge in [0.05, 0.1) is 12.6 Å². The Morgan fingerprint density at radius 3 is 3.08 bits per heavy atom. The van der Waals surface area contributed by atoms with Gasteiger partial charge in [0.2, 0.25) is 0 Å². The molecular weight excluding hydrogens is 238 g/mol. The number of halogens is 1. The number of nitrogens with zero attached hydrogens (tertiary/aromatic N) is 1. The van der Waals surface area contributed by atoms with Gasteiger partial charge in [0.25, 0.3) is 0 Å². The minimum atomic E-state index is 0.263. The highest BCUT2D eigenvalue weighted by atomic mass is 79.9. The summed E-state index contributed by atoms with van der Waals surface area (Å²) in [6.45, 7) is 0.741. The summed E-state index contributed by atoms with van der Waals surface area (Å²) in [5.41, 5.74) is 5.51. The first-order chi connectivity index (χ1) is 5.77. The lowest BCUT2D eigenvalue weighted by Gasteiger charge is -2.08. The van der Waals surface area contributed by atoms with Gasteiger partial charge in [-0.15, -0.1) is 11.3 Å². The van der Waals surface area contributed by atoms with Gasteiger partial charge < -0.3 is 11.1 Å². The molecule has 1 aromatic rings. The van der Waals surface area contributed by atoms with Crippen molar-refractivity contribution in [2.45, 2.75) is 6.04 Å². The van der Waals surface area contributed by atoms with E-state index >= 15 is 0 Å². The summed E-state index contributed by atoms with van der Waals surface area (Å²) < 4.78 is 1.13. The molecule has 1 unspecified atom stereocenters. The zero-order valence-corrected chi connectivity index (χ0v) is 8.65. The first-order valence-electron chi connectivity index (χ1n) is 3.56. The van der Waals surface area contributed by atoms with Crippen LogP contribution in [0.1, 0.15) is 10.9 Å². The van der Waals surface area contributed by atoms with Gasteiger partial charge >= 0.3 is 0 Å². The number of rotatable bonds is 1. The van der Waals surface area contributed by atoms with Crippen LogP contribution in [-0.4, -0.2) is 12.5 Å². The van der Waals surface area contributed by atoms with E-state index in [4.69, 9.17) is 5.73 Å². The second kappa shape index (κ2) is 3.06. The van der Waals surface area contributed by atoms with Crippen LogP contribution in [0.3, 0.4) is 0 Å². The van der Waals surface area contributed by atoms with Gasteiger partial charge in [0, 0.05) is 9.35 Å². The number of hydrogen-bond acceptors (Lipinski definition) is 4. The second-order valence-corrected chi connectivity index (χ2v) is 4.36. The topological polar surface area (TPSA) is 50.4 Å². The lowest BCUT2D eigenvalue weighted by molar-refractivity contribution is 0.719. The number of thiophene rings is 1. The molecule has 12 heavy (non-hydrogen) atoms. The average molecular weight is 246 g/mol. The number of nitrogens with one attached hydrogen (secondary N) is 1. The normalized spacial score (nSPS) is 22.1. The Bertz CT molecular complexity index is 320. The van der Waals surface area contributed by atoms with E-state index in [9.17, 15) is 0 Å². The lowest BCUT2D eigenvalue weighted by atomic mass is 10.2. The summed E-state index contributed by atoms with van der Waals surface area (Å²) in [4.78, 5) is 5.35. The Morgan fingerprint density at radius 1 is 1.75 bits per heavy atom. The van der Waals surface area contributed by atoms with Crippen molar-refractivity contribution in [3.05, 3.63) is 20.8 Å². The molecule has 1 atom stereocenters. The van der Waals surface area contributed by atoms with Gasteiger partial charge in [0.15, 0.2) is 5.96 Å². The molecule has 2 rings (SSSR count). The molecule has 2 heterocycles. The van der Waals surface area contributed by atoms with Crippen molar-refractivity contribution >= 4 is 33.2 Å². The fourth-order valence-electron chi connectivity index (χ4n) is 1.16. The zero-order valence-electron chi connectivity index (χ0n) is 6.25. The van der Waals surface area contributed by atoms with Crippen molar-refractivity contribution in [2.24, 2.45) is 10.7 Å². The summed E-state index contributed by atoms with van der Waals surface area (Å²) in [5, 5.41) is 5.16. The Morgan fingerprint density at radius 2 is 2.58 bits per heavy atom. The summed E-state index contributed by atoms with van der Waals surface area (Å²) in [7, 11) is 0. The SMILES string of the molecule is NC1=NCC(c2sccc2Br)N1. The van der Waals surface area contributed by atoms with Crippen LogP contribution in [0, 0.1) is 0 Å². The second-order valence-electron chi connectivity index (χ2n) is 2.56. The van der Waals surface area contributed by atoms with Crippen LogP contribution in [-0.2, 0) is 0 Å². The zero-order chi connectivity index (χ0) is 8.55. The maximum Gasteiger partial charge on any atom is 0.189 e. The number of guanidine groups is 1. The lowest BCUT2D eigenvalue weighted by Crippen LogP contribution is -2.29. The van der Waals surface area contributed by atoms with Gasteiger partial charge in [-0.1, -0.05) is 0 Å². The fourth-order valence-corrected chi connectivity index (χ4v) is 2.85. The Hall–Kier alpha value is -0.550. The van der Waals surface area contributed by atoms with Gasteiger partial charge in [-0.05, 0) is 27.4 Å². The molecule has 1 aliphatic rings. The molecule has 0 aliphatic carbocycles. The molecule has 3 nitrogen and oxygen atoms in total. The molecule has 0 aromatic carbocycles.